The third kappa shape index (κ3) is 7.55. The van der Waals surface area contributed by atoms with E-state index in [1.54, 1.807) is 6.07 Å². The summed E-state index contributed by atoms with van der Waals surface area (Å²) < 4.78 is 20.9. The molecule has 200 valence electrons. The minimum absolute atomic E-state index is 0.0171. The van der Waals surface area contributed by atoms with Gasteiger partial charge in [0.2, 0.25) is 0 Å². The van der Waals surface area contributed by atoms with E-state index in [1.165, 1.54) is 63.4 Å². The van der Waals surface area contributed by atoms with Crippen molar-refractivity contribution in [2.24, 2.45) is 11.8 Å². The molecule has 4 rings (SSSR count). The van der Waals surface area contributed by atoms with Gasteiger partial charge in [-0.25, -0.2) is 4.39 Å². The Morgan fingerprint density at radius 1 is 0.784 bits per heavy atom. The Morgan fingerprint density at radius 2 is 1.49 bits per heavy atom. The molecule has 0 N–H and O–H groups in total. The monoisotopic (exact) mass is 504 g/mol. The molecule has 1 fully saturated rings. The summed E-state index contributed by atoms with van der Waals surface area (Å²) in [7, 11) is 0. The summed E-state index contributed by atoms with van der Waals surface area (Å²) in [4.78, 5) is 12.9. The van der Waals surface area contributed by atoms with Crippen LogP contribution in [0, 0.1) is 17.7 Å². The number of carbonyl (C=O) groups excluding carboxylic acids is 1. The summed E-state index contributed by atoms with van der Waals surface area (Å²) >= 11 is 0. The maximum Gasteiger partial charge on any atom is 0.314 e. The maximum absolute atomic E-state index is 15.1. The van der Waals surface area contributed by atoms with Crippen molar-refractivity contribution in [1.82, 2.24) is 0 Å². The molecule has 3 aromatic carbocycles. The number of ether oxygens (including phenoxy) is 1. The van der Waals surface area contributed by atoms with E-state index in [1.807, 2.05) is 24.3 Å². The van der Waals surface area contributed by atoms with Crippen molar-refractivity contribution in [2.75, 3.05) is 0 Å². The van der Waals surface area contributed by atoms with Crippen LogP contribution >= 0.6 is 0 Å². The van der Waals surface area contributed by atoms with Gasteiger partial charge in [-0.2, -0.15) is 0 Å². The lowest BCUT2D eigenvalue weighted by atomic mass is 9.80. The fourth-order valence-corrected chi connectivity index (χ4v) is 6.04. The minimum Gasteiger partial charge on any atom is -0.426 e. The number of unbranched alkanes of at least 4 members (excludes halogenated alkanes) is 7. The van der Waals surface area contributed by atoms with Gasteiger partial charge in [-0.05, 0) is 90.4 Å². The van der Waals surface area contributed by atoms with E-state index in [0.29, 0.717) is 11.1 Å². The van der Waals surface area contributed by atoms with Crippen LogP contribution in [0.2, 0.25) is 0 Å². The molecule has 0 aliphatic heterocycles. The molecule has 1 saturated carbocycles. The van der Waals surface area contributed by atoms with Crippen LogP contribution in [0.25, 0.3) is 21.5 Å². The van der Waals surface area contributed by atoms with Gasteiger partial charge in [-0.3, -0.25) is 4.79 Å². The molecular formula is C34H45FO2. The zero-order valence-corrected chi connectivity index (χ0v) is 23.0. The SMILES string of the molecule is CCCCCCCCc1ccc2c(c1)c(F)cc1cc(OC(=O)C3CCC(CCCCC)CC3)ccc12. The molecule has 0 radical (unpaired) electrons. The highest BCUT2D eigenvalue weighted by atomic mass is 19.1. The Kier molecular flexibility index (Phi) is 10.4. The number of rotatable bonds is 13. The first-order valence-electron chi connectivity index (χ1n) is 15.0. The number of fused-ring (bicyclic) bond motifs is 3. The van der Waals surface area contributed by atoms with E-state index in [2.05, 4.69) is 26.0 Å². The Morgan fingerprint density at radius 3 is 2.27 bits per heavy atom. The number of carbonyl (C=O) groups is 1. The van der Waals surface area contributed by atoms with Crippen molar-refractivity contribution in [3.63, 3.8) is 0 Å². The van der Waals surface area contributed by atoms with Crippen molar-refractivity contribution in [1.29, 1.82) is 0 Å². The van der Waals surface area contributed by atoms with Gasteiger partial charge in [-0.1, -0.05) is 89.8 Å². The van der Waals surface area contributed by atoms with E-state index in [-0.39, 0.29) is 17.7 Å². The summed E-state index contributed by atoms with van der Waals surface area (Å²) in [5.41, 5.74) is 1.20. The lowest BCUT2D eigenvalue weighted by molar-refractivity contribution is -0.140. The molecule has 3 heteroatoms. The maximum atomic E-state index is 15.1. The number of halogens is 1. The molecule has 0 spiro atoms. The predicted molar refractivity (Wildman–Crippen MR) is 154 cm³/mol. The van der Waals surface area contributed by atoms with Gasteiger partial charge >= 0.3 is 5.97 Å². The first kappa shape index (κ1) is 27.6. The van der Waals surface area contributed by atoms with Crippen molar-refractivity contribution < 1.29 is 13.9 Å². The average Bonchev–Trinajstić information content (AvgIpc) is 2.91. The third-order valence-corrected chi connectivity index (χ3v) is 8.37. The molecule has 0 bridgehead atoms. The highest BCUT2D eigenvalue weighted by molar-refractivity contribution is 6.08. The van der Waals surface area contributed by atoms with Crippen LogP contribution in [-0.4, -0.2) is 5.97 Å². The number of esters is 1. The first-order chi connectivity index (χ1) is 18.1. The van der Waals surface area contributed by atoms with Gasteiger partial charge in [0.1, 0.15) is 11.6 Å². The molecule has 0 saturated heterocycles. The second-order valence-corrected chi connectivity index (χ2v) is 11.3. The van der Waals surface area contributed by atoms with E-state index >= 15 is 4.39 Å². The molecule has 1 aliphatic rings. The minimum atomic E-state index is -0.211. The summed E-state index contributed by atoms with van der Waals surface area (Å²) in [6, 6.07) is 13.4. The van der Waals surface area contributed by atoms with E-state index < -0.39 is 0 Å². The summed E-state index contributed by atoms with van der Waals surface area (Å²) in [5.74, 6) is 0.917. The Labute approximate surface area is 223 Å². The van der Waals surface area contributed by atoms with Crippen molar-refractivity contribution in [2.45, 2.75) is 110 Å². The highest BCUT2D eigenvalue weighted by Crippen LogP contribution is 2.35. The van der Waals surface area contributed by atoms with Gasteiger partial charge in [0.25, 0.3) is 0 Å². The second-order valence-electron chi connectivity index (χ2n) is 11.3. The van der Waals surface area contributed by atoms with Gasteiger partial charge < -0.3 is 4.74 Å². The Bertz CT molecular complexity index is 1160. The van der Waals surface area contributed by atoms with E-state index in [0.717, 1.165) is 60.6 Å². The Balaban J connectivity index is 1.37. The predicted octanol–water partition coefficient (Wildman–Crippen LogP) is 10.3. The van der Waals surface area contributed by atoms with E-state index in [4.69, 9.17) is 4.74 Å². The van der Waals surface area contributed by atoms with Crippen molar-refractivity contribution >= 4 is 27.5 Å². The zero-order valence-electron chi connectivity index (χ0n) is 23.0. The second kappa shape index (κ2) is 13.9. The lowest BCUT2D eigenvalue weighted by Crippen LogP contribution is -2.25. The molecule has 0 aromatic heterocycles. The van der Waals surface area contributed by atoms with Crippen LogP contribution in [0.1, 0.15) is 109 Å². The molecular weight excluding hydrogens is 459 g/mol. The molecule has 0 unspecified atom stereocenters. The van der Waals surface area contributed by atoms with Crippen LogP contribution in [-0.2, 0) is 11.2 Å². The summed E-state index contributed by atoms with van der Waals surface area (Å²) in [6.45, 7) is 4.48. The zero-order chi connectivity index (χ0) is 26.0. The van der Waals surface area contributed by atoms with Crippen LogP contribution < -0.4 is 4.74 Å². The fourth-order valence-electron chi connectivity index (χ4n) is 6.04. The standard InChI is InChI=1S/C34H45FO2/c1-3-5-7-8-9-11-13-26-16-20-31-30-21-19-29(23-28(30)24-33(35)32(31)22-26)37-34(36)27-17-14-25(15-18-27)12-10-6-4-2/h16,19-25,27H,3-15,17-18H2,1-2H3. The summed E-state index contributed by atoms with van der Waals surface area (Å²) in [6.07, 6.45) is 17.8. The van der Waals surface area contributed by atoms with Gasteiger partial charge in [0, 0.05) is 5.39 Å². The average molecular weight is 505 g/mol. The van der Waals surface area contributed by atoms with Crippen LogP contribution in [0.15, 0.2) is 42.5 Å². The van der Waals surface area contributed by atoms with Crippen LogP contribution in [0.5, 0.6) is 5.75 Å². The van der Waals surface area contributed by atoms with Gasteiger partial charge in [0.05, 0.1) is 5.92 Å². The third-order valence-electron chi connectivity index (χ3n) is 8.37. The first-order valence-corrected chi connectivity index (χ1v) is 15.0. The molecule has 0 atom stereocenters. The number of hydrogen-bond donors (Lipinski definition) is 0. The van der Waals surface area contributed by atoms with Crippen molar-refractivity contribution in [3.05, 3.63) is 53.8 Å². The van der Waals surface area contributed by atoms with E-state index in [9.17, 15) is 4.79 Å². The molecule has 1 aliphatic carbocycles. The normalized spacial score (nSPS) is 17.9. The molecule has 0 amide bonds. The Hall–Kier alpha value is -2.42. The molecule has 37 heavy (non-hydrogen) atoms. The highest BCUT2D eigenvalue weighted by Gasteiger charge is 2.27. The van der Waals surface area contributed by atoms with Gasteiger partial charge in [-0.15, -0.1) is 0 Å². The number of benzene rings is 3. The number of hydrogen-bond acceptors (Lipinski definition) is 2. The largest absolute Gasteiger partial charge is 0.426 e. The lowest BCUT2D eigenvalue weighted by Gasteiger charge is -2.27. The topological polar surface area (TPSA) is 26.3 Å². The quantitative estimate of drug-likeness (QED) is 0.100. The molecule has 2 nitrogen and oxygen atoms in total. The van der Waals surface area contributed by atoms with Crippen LogP contribution in [0.3, 0.4) is 0 Å². The fraction of sp³-hybridized carbons (Fsp3) is 0.559. The number of aryl methyl sites for hydroxylation is 1. The molecule has 0 heterocycles. The molecule has 3 aromatic rings. The van der Waals surface area contributed by atoms with Crippen LogP contribution in [0.4, 0.5) is 4.39 Å². The van der Waals surface area contributed by atoms with Gasteiger partial charge in [0.15, 0.2) is 0 Å². The smallest absolute Gasteiger partial charge is 0.314 e. The van der Waals surface area contributed by atoms with Crippen molar-refractivity contribution in [3.8, 4) is 5.75 Å². The summed E-state index contributed by atoms with van der Waals surface area (Å²) in [5, 5.41) is 3.37.